The molecule has 84 valence electrons. The third-order valence-corrected chi connectivity index (χ3v) is 0.965. The van der Waals surface area contributed by atoms with Gasteiger partial charge in [-0.15, -0.1) is 0 Å². The normalized spacial score (nSPS) is 9.80. The Morgan fingerprint density at radius 1 is 1.67 bits per heavy atom. The number of ether oxygens (including phenoxy) is 1. The van der Waals surface area contributed by atoms with Crippen LogP contribution in [0.15, 0.2) is 28.7 Å². The summed E-state index contributed by atoms with van der Waals surface area (Å²) in [6, 6.07) is 0. The van der Waals surface area contributed by atoms with Gasteiger partial charge in [0.05, 0.1) is 4.49 Å². The van der Waals surface area contributed by atoms with E-state index < -0.39 is 12.2 Å². The average molecular weight is 252 g/mol. The van der Waals surface area contributed by atoms with Crippen molar-refractivity contribution in [1.82, 2.24) is 0 Å². The van der Waals surface area contributed by atoms with Gasteiger partial charge in [-0.25, -0.2) is 9.59 Å². The van der Waals surface area contributed by atoms with E-state index in [-0.39, 0.29) is 4.49 Å². The maximum atomic E-state index is 10.5. The summed E-state index contributed by atoms with van der Waals surface area (Å²) in [5, 5.41) is 0. The summed E-state index contributed by atoms with van der Waals surface area (Å²) in [5.74, 6) is -0.587. The Morgan fingerprint density at radius 3 is 2.40 bits per heavy atom. The summed E-state index contributed by atoms with van der Waals surface area (Å²) in [4.78, 5) is 23.5. The van der Waals surface area contributed by atoms with Crippen LogP contribution in [-0.4, -0.2) is 18.3 Å². The molecule has 0 heterocycles. The van der Waals surface area contributed by atoms with Crippen LogP contribution in [-0.2, 0) is 14.3 Å². The summed E-state index contributed by atoms with van der Waals surface area (Å²) < 4.78 is 4.71. The molecule has 0 spiro atoms. The zero-order valence-corrected chi connectivity index (χ0v) is 9.72. The fourth-order valence-corrected chi connectivity index (χ4v) is 0.442. The van der Waals surface area contributed by atoms with E-state index in [1.807, 2.05) is 0 Å². The maximum absolute atomic E-state index is 10.5. The number of hydrogen-bond acceptors (Lipinski definition) is 4. The van der Waals surface area contributed by atoms with Gasteiger partial charge in [0.15, 0.2) is 0 Å². The van der Waals surface area contributed by atoms with Crippen LogP contribution in [0.2, 0.25) is 0 Å². The molecule has 1 unspecified atom stereocenters. The highest BCUT2D eigenvalue weighted by molar-refractivity contribution is 6.55. The van der Waals surface area contributed by atoms with Crippen molar-refractivity contribution in [1.29, 1.82) is 0 Å². The number of carbonyl (C=O) groups excluding carboxylic acids is 2. The predicted molar refractivity (Wildman–Crippen MR) is 59.3 cm³/mol. The first-order chi connectivity index (χ1) is 6.97. The summed E-state index contributed by atoms with van der Waals surface area (Å²) in [7, 11) is 0. The maximum Gasteiger partial charge on any atom is 0.332 e. The number of aliphatic imine (C=N–C) groups is 1. The Morgan fingerprint density at radius 2 is 2.13 bits per heavy atom. The molecule has 0 bridgehead atoms. The Kier molecular flexibility index (Phi) is 12.0. The second-order valence-electron chi connectivity index (χ2n) is 2.06. The average Bonchev–Trinajstić information content (AvgIpc) is 2.16. The van der Waals surface area contributed by atoms with Crippen molar-refractivity contribution in [3.63, 3.8) is 0 Å². The number of isocyanates is 1. The number of rotatable bonds is 4. The molecule has 15 heavy (non-hydrogen) atoms. The van der Waals surface area contributed by atoms with Gasteiger partial charge in [-0.1, -0.05) is 43.3 Å². The largest absolute Gasteiger partial charge is 0.436 e. The lowest BCUT2D eigenvalue weighted by Gasteiger charge is -2.06. The quantitative estimate of drug-likeness (QED) is 0.334. The van der Waals surface area contributed by atoms with Gasteiger partial charge in [0, 0.05) is 12.5 Å². The first-order valence-corrected chi connectivity index (χ1v) is 4.63. The number of carbonyl (C=O) groups is 1. The van der Waals surface area contributed by atoms with Crippen molar-refractivity contribution in [2.24, 2.45) is 4.99 Å². The Hall–Kier alpha value is -1.09. The molecule has 4 nitrogen and oxygen atoms in total. The molecule has 0 aromatic rings. The lowest BCUT2D eigenvalue weighted by molar-refractivity contribution is -0.142. The van der Waals surface area contributed by atoms with Crippen molar-refractivity contribution in [3.05, 3.63) is 23.7 Å². The van der Waals surface area contributed by atoms with Crippen LogP contribution in [0.4, 0.5) is 0 Å². The number of hydrogen-bond donors (Lipinski definition) is 0. The summed E-state index contributed by atoms with van der Waals surface area (Å²) >= 11 is 9.69. The van der Waals surface area contributed by atoms with Gasteiger partial charge in [0.1, 0.15) is 0 Å². The van der Waals surface area contributed by atoms with Crippen molar-refractivity contribution in [2.75, 3.05) is 0 Å². The van der Waals surface area contributed by atoms with E-state index in [0.29, 0.717) is 6.42 Å². The van der Waals surface area contributed by atoms with E-state index in [1.165, 1.54) is 6.08 Å². The molecule has 0 saturated carbocycles. The van der Waals surface area contributed by atoms with Gasteiger partial charge in [-0.2, -0.15) is 4.99 Å². The first-order valence-electron chi connectivity index (χ1n) is 3.87. The van der Waals surface area contributed by atoms with E-state index in [2.05, 4.69) is 22.9 Å². The fourth-order valence-electron chi connectivity index (χ4n) is 0.442. The molecular weight excluding hydrogens is 241 g/mol. The van der Waals surface area contributed by atoms with E-state index in [1.54, 1.807) is 6.92 Å². The Balaban J connectivity index is 0. The number of halogens is 2. The van der Waals surface area contributed by atoms with Crippen LogP contribution < -0.4 is 0 Å². The highest BCUT2D eigenvalue weighted by atomic mass is 35.5. The van der Waals surface area contributed by atoms with E-state index in [0.717, 1.165) is 6.08 Å². The molecule has 0 aromatic carbocycles. The lowest BCUT2D eigenvalue weighted by Crippen LogP contribution is -2.12. The van der Waals surface area contributed by atoms with Crippen LogP contribution >= 0.6 is 23.2 Å². The molecule has 0 saturated heterocycles. The number of nitrogens with zero attached hydrogens (tertiary/aromatic N) is 1. The monoisotopic (exact) mass is 251 g/mol. The van der Waals surface area contributed by atoms with E-state index in [4.69, 9.17) is 23.2 Å². The summed E-state index contributed by atoms with van der Waals surface area (Å²) in [5.41, 5.74) is 0. The molecule has 0 fully saturated rings. The Labute approximate surface area is 98.2 Å². The fraction of sp³-hybridized carbons (Fsp3) is 0.333. The molecule has 0 N–H and O–H groups in total. The van der Waals surface area contributed by atoms with Gasteiger partial charge in [-0.05, 0) is 0 Å². The molecule has 0 radical (unpaired) electrons. The van der Waals surface area contributed by atoms with Crippen LogP contribution in [0.5, 0.6) is 0 Å². The molecule has 0 aromatic heterocycles. The predicted octanol–water partition coefficient (Wildman–Crippen LogP) is 2.72. The third-order valence-electron chi connectivity index (χ3n) is 0.965. The van der Waals surface area contributed by atoms with Crippen molar-refractivity contribution >= 4 is 35.3 Å². The highest BCUT2D eigenvalue weighted by Gasteiger charge is 2.06. The summed E-state index contributed by atoms with van der Waals surface area (Å²) in [6.07, 6.45) is 2.06. The smallest absolute Gasteiger partial charge is 0.332 e. The van der Waals surface area contributed by atoms with E-state index >= 15 is 0 Å². The second-order valence-corrected chi connectivity index (χ2v) is 3.17. The van der Waals surface area contributed by atoms with Crippen LogP contribution in [0.1, 0.15) is 13.3 Å². The first kappa shape index (κ1) is 16.3. The second kappa shape index (κ2) is 11.0. The zero-order valence-electron chi connectivity index (χ0n) is 8.20. The van der Waals surface area contributed by atoms with Gasteiger partial charge < -0.3 is 4.74 Å². The van der Waals surface area contributed by atoms with Gasteiger partial charge in [0.2, 0.25) is 12.3 Å². The molecule has 0 aliphatic heterocycles. The Bertz CT molecular complexity index is 269. The van der Waals surface area contributed by atoms with Gasteiger partial charge in [0.25, 0.3) is 0 Å². The SMILES string of the molecule is C=C(Cl)Cl.C=CC(=O)OC(CC)N=C=O. The summed E-state index contributed by atoms with van der Waals surface area (Å²) in [6.45, 7) is 8.02. The van der Waals surface area contributed by atoms with Crippen molar-refractivity contribution < 1.29 is 14.3 Å². The van der Waals surface area contributed by atoms with Gasteiger partial charge in [-0.3, -0.25) is 0 Å². The molecule has 0 aliphatic carbocycles. The topological polar surface area (TPSA) is 55.7 Å². The minimum absolute atomic E-state index is 0.111. The molecule has 0 amide bonds. The molecular formula is C9H11Cl2NO3. The molecule has 1 atom stereocenters. The van der Waals surface area contributed by atoms with E-state index in [9.17, 15) is 9.59 Å². The molecule has 6 heteroatoms. The van der Waals surface area contributed by atoms with Crippen LogP contribution in [0.25, 0.3) is 0 Å². The van der Waals surface area contributed by atoms with Crippen molar-refractivity contribution in [2.45, 2.75) is 19.6 Å². The third kappa shape index (κ3) is 15.6. The number of esters is 1. The van der Waals surface area contributed by atoms with Crippen LogP contribution in [0, 0.1) is 0 Å². The minimum Gasteiger partial charge on any atom is -0.436 e. The lowest BCUT2D eigenvalue weighted by atomic mass is 10.4. The molecule has 0 rings (SSSR count). The molecule has 0 aliphatic rings. The highest BCUT2D eigenvalue weighted by Crippen LogP contribution is 1.99. The zero-order chi connectivity index (χ0) is 12.3. The standard InChI is InChI=1S/C7H9NO3.C2H2Cl2/c1-3-6(8-5-9)11-7(10)4-2;1-2(3)4/h4,6H,2-3H2,1H3;1H2. The van der Waals surface area contributed by atoms with Crippen molar-refractivity contribution in [3.8, 4) is 0 Å². The minimum atomic E-state index is -0.724. The van der Waals surface area contributed by atoms with Gasteiger partial charge >= 0.3 is 5.97 Å². The van der Waals surface area contributed by atoms with Crippen LogP contribution in [0.3, 0.4) is 0 Å².